The maximum absolute atomic E-state index is 13.8. The number of rotatable bonds is 5. The van der Waals surface area contributed by atoms with Gasteiger partial charge in [0.25, 0.3) is 11.6 Å². The fraction of sp³-hybridized carbons (Fsp3) is 0.345. The first-order valence-corrected chi connectivity index (χ1v) is 13.0. The van der Waals surface area contributed by atoms with E-state index in [1.54, 1.807) is 29.2 Å². The number of amides is 1. The average molecular weight is 521 g/mol. The van der Waals surface area contributed by atoms with Crippen molar-refractivity contribution in [2.75, 3.05) is 0 Å². The number of carbonyl (C=O) groups excluding carboxylic acids is 1. The van der Waals surface area contributed by atoms with Crippen LogP contribution in [0.3, 0.4) is 0 Å². The van der Waals surface area contributed by atoms with Gasteiger partial charge in [0.1, 0.15) is 0 Å². The number of aliphatic hydroxyl groups is 2. The van der Waals surface area contributed by atoms with Gasteiger partial charge in [-0.1, -0.05) is 48.0 Å². The quantitative estimate of drug-likeness (QED) is 0.328. The Kier molecular flexibility index (Phi) is 7.29. The fourth-order valence-corrected chi connectivity index (χ4v) is 5.86. The summed E-state index contributed by atoms with van der Waals surface area (Å²) in [5.41, 5.74) is 4.06. The minimum absolute atomic E-state index is 0.00298. The van der Waals surface area contributed by atoms with Crippen molar-refractivity contribution >= 4 is 23.2 Å². The molecule has 3 aromatic rings. The first-order valence-electron chi connectivity index (χ1n) is 12.6. The second-order valence-corrected chi connectivity index (χ2v) is 10.4. The van der Waals surface area contributed by atoms with E-state index in [9.17, 15) is 25.1 Å². The first-order chi connectivity index (χ1) is 17.8. The molecule has 1 aliphatic carbocycles. The van der Waals surface area contributed by atoms with E-state index in [2.05, 4.69) is 0 Å². The minimum Gasteiger partial charge on any atom is -0.393 e. The molecule has 8 heteroatoms. The van der Waals surface area contributed by atoms with Gasteiger partial charge in [0.2, 0.25) is 0 Å². The lowest BCUT2D eigenvalue weighted by atomic mass is 9.79. The van der Waals surface area contributed by atoms with Crippen LogP contribution in [0.25, 0.3) is 0 Å². The summed E-state index contributed by atoms with van der Waals surface area (Å²) in [6, 6.07) is 18.9. The van der Waals surface area contributed by atoms with Crippen LogP contribution in [0.1, 0.15) is 76.7 Å². The Bertz CT molecular complexity index is 1290. The lowest BCUT2D eigenvalue weighted by Gasteiger charge is -2.31. The molecule has 0 radical (unpaired) electrons. The molecule has 1 amide bonds. The molecule has 0 spiro atoms. The van der Waals surface area contributed by atoms with E-state index in [-0.39, 0.29) is 30.2 Å². The van der Waals surface area contributed by atoms with Crippen molar-refractivity contribution in [2.24, 2.45) is 0 Å². The van der Waals surface area contributed by atoms with Crippen LogP contribution in [-0.2, 0) is 6.54 Å². The third-order valence-corrected chi connectivity index (χ3v) is 7.87. The number of aliphatic hydroxyl groups excluding tert-OH is 2. The molecule has 3 aromatic carbocycles. The molecule has 0 saturated heterocycles. The second-order valence-electron chi connectivity index (χ2n) is 9.96. The number of benzene rings is 3. The van der Waals surface area contributed by atoms with E-state index in [0.29, 0.717) is 36.3 Å². The second kappa shape index (κ2) is 10.6. The average Bonchev–Trinajstić information content (AvgIpc) is 3.16. The van der Waals surface area contributed by atoms with E-state index in [0.717, 1.165) is 28.7 Å². The predicted octanol–water partition coefficient (Wildman–Crippen LogP) is 5.76. The number of nitro benzene ring substituents is 1. The van der Waals surface area contributed by atoms with Crippen molar-refractivity contribution in [1.29, 1.82) is 0 Å². The molecule has 7 nitrogen and oxygen atoms in total. The van der Waals surface area contributed by atoms with Crippen LogP contribution < -0.4 is 0 Å². The standard InChI is InChI=1S/C29H29ClN2O5/c30-20-11-9-19(10-12-20)28-27-24(23-16-15-22(33)3-1-6-26(23)34)4-2-5-25(27)29(35)31(28)17-18-7-13-21(14-8-18)32(36)37/h2,4-5,7-14,22-23,26,28,33-34H,1,3,6,15-17H2/t22-,23?,26+,28?/m0/s1. The summed E-state index contributed by atoms with van der Waals surface area (Å²) in [6.07, 6.45) is 2.30. The Morgan fingerprint density at radius 1 is 0.946 bits per heavy atom. The van der Waals surface area contributed by atoms with Crippen LogP contribution in [0.15, 0.2) is 66.7 Å². The number of carbonyl (C=O) groups is 1. The van der Waals surface area contributed by atoms with Crippen molar-refractivity contribution in [3.05, 3.63) is 110 Å². The molecule has 0 bridgehead atoms. The molecule has 2 N–H and O–H groups in total. The molecule has 1 saturated carbocycles. The molecule has 192 valence electrons. The van der Waals surface area contributed by atoms with Gasteiger partial charge in [-0.15, -0.1) is 0 Å². The van der Waals surface area contributed by atoms with Crippen molar-refractivity contribution in [3.8, 4) is 0 Å². The topological polar surface area (TPSA) is 104 Å². The highest BCUT2D eigenvalue weighted by molar-refractivity contribution is 6.30. The lowest BCUT2D eigenvalue weighted by molar-refractivity contribution is -0.384. The molecule has 5 rings (SSSR count). The molecule has 2 aliphatic rings. The van der Waals surface area contributed by atoms with E-state index < -0.39 is 17.1 Å². The fourth-order valence-electron chi connectivity index (χ4n) is 5.74. The molecular formula is C29H29ClN2O5. The van der Waals surface area contributed by atoms with Crippen LogP contribution in [-0.4, -0.2) is 38.2 Å². The summed E-state index contributed by atoms with van der Waals surface area (Å²) in [4.78, 5) is 26.2. The third kappa shape index (κ3) is 5.12. The zero-order valence-electron chi connectivity index (χ0n) is 20.3. The molecule has 2 unspecified atom stereocenters. The Balaban J connectivity index is 1.59. The Hall–Kier alpha value is -3.26. The molecule has 1 aliphatic heterocycles. The van der Waals surface area contributed by atoms with Crippen molar-refractivity contribution in [3.63, 3.8) is 0 Å². The Labute approximate surface area is 220 Å². The lowest BCUT2D eigenvalue weighted by Crippen LogP contribution is -2.29. The number of halogens is 1. The van der Waals surface area contributed by atoms with Crippen LogP contribution in [0.4, 0.5) is 5.69 Å². The van der Waals surface area contributed by atoms with Crippen molar-refractivity contribution < 1.29 is 19.9 Å². The highest BCUT2D eigenvalue weighted by Crippen LogP contribution is 2.45. The smallest absolute Gasteiger partial charge is 0.269 e. The monoisotopic (exact) mass is 520 g/mol. The number of non-ortho nitro benzene ring substituents is 1. The number of nitro groups is 1. The van der Waals surface area contributed by atoms with Crippen molar-refractivity contribution in [1.82, 2.24) is 4.90 Å². The molecule has 1 heterocycles. The maximum atomic E-state index is 13.8. The van der Waals surface area contributed by atoms with Crippen molar-refractivity contribution in [2.45, 2.75) is 62.8 Å². The van der Waals surface area contributed by atoms with Gasteiger partial charge in [0.15, 0.2) is 0 Å². The number of hydrogen-bond acceptors (Lipinski definition) is 5. The summed E-state index contributed by atoms with van der Waals surface area (Å²) < 4.78 is 0. The predicted molar refractivity (Wildman–Crippen MR) is 141 cm³/mol. The number of fused-ring (bicyclic) bond motifs is 1. The highest BCUT2D eigenvalue weighted by Gasteiger charge is 2.41. The van der Waals surface area contributed by atoms with Gasteiger partial charge < -0.3 is 15.1 Å². The SMILES string of the molecule is O=C1c2cccc(C3CC[C@@H](O)CCC[C@H]3O)c2C(c2ccc(Cl)cc2)N1Cc1ccc([N+](=O)[O-])cc1. The molecule has 0 aromatic heterocycles. The zero-order valence-corrected chi connectivity index (χ0v) is 21.1. The van der Waals surface area contributed by atoms with Gasteiger partial charge >= 0.3 is 0 Å². The van der Waals surface area contributed by atoms with E-state index in [1.807, 2.05) is 30.3 Å². The Morgan fingerprint density at radius 2 is 1.68 bits per heavy atom. The first kappa shape index (κ1) is 25.4. The van der Waals surface area contributed by atoms with E-state index in [4.69, 9.17) is 11.6 Å². The normalized spacial score (nSPS) is 23.9. The molecule has 1 fully saturated rings. The Morgan fingerprint density at radius 3 is 2.38 bits per heavy atom. The van der Waals surface area contributed by atoms with Crippen LogP contribution in [0, 0.1) is 10.1 Å². The van der Waals surface area contributed by atoms with Gasteiger partial charge in [0.05, 0.1) is 23.2 Å². The summed E-state index contributed by atoms with van der Waals surface area (Å²) in [5.74, 6) is -0.331. The van der Waals surface area contributed by atoms with Crippen LogP contribution >= 0.6 is 11.6 Å². The van der Waals surface area contributed by atoms with Gasteiger partial charge in [-0.2, -0.15) is 0 Å². The van der Waals surface area contributed by atoms with E-state index >= 15 is 0 Å². The minimum atomic E-state index is -0.566. The van der Waals surface area contributed by atoms with E-state index in [1.165, 1.54) is 12.1 Å². The summed E-state index contributed by atoms with van der Waals surface area (Å²) >= 11 is 6.18. The van der Waals surface area contributed by atoms with Crippen LogP contribution in [0.2, 0.25) is 5.02 Å². The zero-order chi connectivity index (χ0) is 26.1. The van der Waals surface area contributed by atoms with Gasteiger partial charge in [-0.05, 0) is 72.6 Å². The summed E-state index contributed by atoms with van der Waals surface area (Å²) in [7, 11) is 0. The number of hydrogen-bond donors (Lipinski definition) is 2. The maximum Gasteiger partial charge on any atom is 0.269 e. The summed E-state index contributed by atoms with van der Waals surface area (Å²) in [6.45, 7) is 0.268. The van der Waals surface area contributed by atoms with Gasteiger partial charge in [-0.25, -0.2) is 0 Å². The third-order valence-electron chi connectivity index (χ3n) is 7.61. The van der Waals surface area contributed by atoms with Gasteiger partial charge in [-0.3, -0.25) is 14.9 Å². The number of nitrogens with zero attached hydrogens (tertiary/aromatic N) is 2. The highest BCUT2D eigenvalue weighted by atomic mass is 35.5. The molecule has 37 heavy (non-hydrogen) atoms. The summed E-state index contributed by atoms with van der Waals surface area (Å²) in [5, 5.41) is 33.1. The molecular weight excluding hydrogens is 492 g/mol. The molecule has 4 atom stereocenters. The van der Waals surface area contributed by atoms with Crippen LogP contribution in [0.5, 0.6) is 0 Å². The largest absolute Gasteiger partial charge is 0.393 e. The van der Waals surface area contributed by atoms with Gasteiger partial charge in [0, 0.05) is 35.2 Å².